The van der Waals surface area contributed by atoms with Crippen LogP contribution < -0.4 is 0 Å². The summed E-state index contributed by atoms with van der Waals surface area (Å²) >= 11 is 0. The molecule has 0 amide bonds. The molecule has 1 aromatic rings. The van der Waals surface area contributed by atoms with E-state index in [4.69, 9.17) is 5.26 Å². The van der Waals surface area contributed by atoms with Crippen molar-refractivity contribution < 1.29 is 5.11 Å². The van der Waals surface area contributed by atoms with Crippen molar-refractivity contribution in [1.29, 1.82) is 5.26 Å². The van der Waals surface area contributed by atoms with Gasteiger partial charge in [0.15, 0.2) is 0 Å². The van der Waals surface area contributed by atoms with Crippen LogP contribution >= 0.6 is 0 Å². The fourth-order valence-corrected chi connectivity index (χ4v) is 3.29. The van der Waals surface area contributed by atoms with E-state index in [1.54, 1.807) is 0 Å². The van der Waals surface area contributed by atoms with Crippen LogP contribution in [0.3, 0.4) is 0 Å². The standard InChI is InChI=1S/C16H26N4O/c1-13-14(9-17)8-15(18-13)10-20-6-4-16(12-21,5-7-20)11-19(2)3/h8,18,21H,4-7,10-12H2,1-3H3. The molecular weight excluding hydrogens is 264 g/mol. The largest absolute Gasteiger partial charge is 0.396 e. The second kappa shape index (κ2) is 6.61. The summed E-state index contributed by atoms with van der Waals surface area (Å²) in [5.74, 6) is 0. The SMILES string of the molecule is Cc1[nH]c(CN2CCC(CO)(CN(C)C)CC2)cc1C#N. The van der Waals surface area contributed by atoms with Crippen LogP contribution in [0.25, 0.3) is 0 Å². The molecule has 1 saturated heterocycles. The van der Waals surface area contributed by atoms with Gasteiger partial charge in [-0.1, -0.05) is 0 Å². The molecule has 2 heterocycles. The van der Waals surface area contributed by atoms with Gasteiger partial charge in [0.1, 0.15) is 6.07 Å². The van der Waals surface area contributed by atoms with Crippen molar-refractivity contribution >= 4 is 0 Å². The van der Waals surface area contributed by atoms with E-state index in [2.05, 4.69) is 34.9 Å². The number of likely N-dealkylation sites (tertiary alicyclic amines) is 1. The molecule has 0 aromatic carbocycles. The monoisotopic (exact) mass is 290 g/mol. The van der Waals surface area contributed by atoms with Gasteiger partial charge >= 0.3 is 0 Å². The third kappa shape index (κ3) is 3.85. The molecule has 5 heteroatoms. The minimum absolute atomic E-state index is 0.0451. The first-order valence-electron chi connectivity index (χ1n) is 7.54. The zero-order valence-electron chi connectivity index (χ0n) is 13.3. The average Bonchev–Trinajstić information content (AvgIpc) is 2.80. The number of aromatic nitrogens is 1. The summed E-state index contributed by atoms with van der Waals surface area (Å²) in [4.78, 5) is 7.85. The van der Waals surface area contributed by atoms with E-state index >= 15 is 0 Å². The Balaban J connectivity index is 1.93. The lowest BCUT2D eigenvalue weighted by Crippen LogP contribution is -2.46. The summed E-state index contributed by atoms with van der Waals surface area (Å²) in [5.41, 5.74) is 2.83. The summed E-state index contributed by atoms with van der Waals surface area (Å²) in [6, 6.07) is 4.16. The maximum absolute atomic E-state index is 9.75. The number of piperidine rings is 1. The molecular formula is C16H26N4O. The van der Waals surface area contributed by atoms with E-state index < -0.39 is 0 Å². The highest BCUT2D eigenvalue weighted by Crippen LogP contribution is 2.32. The van der Waals surface area contributed by atoms with E-state index in [-0.39, 0.29) is 12.0 Å². The topological polar surface area (TPSA) is 66.3 Å². The van der Waals surface area contributed by atoms with Crippen molar-refractivity contribution in [3.8, 4) is 6.07 Å². The molecule has 2 N–H and O–H groups in total. The van der Waals surface area contributed by atoms with Gasteiger partial charge in [-0.25, -0.2) is 0 Å². The van der Waals surface area contributed by atoms with Gasteiger partial charge < -0.3 is 15.0 Å². The van der Waals surface area contributed by atoms with E-state index in [0.29, 0.717) is 0 Å². The summed E-state index contributed by atoms with van der Waals surface area (Å²) in [6.45, 7) is 5.98. The van der Waals surface area contributed by atoms with Gasteiger partial charge in [0, 0.05) is 29.9 Å². The van der Waals surface area contributed by atoms with Crippen molar-refractivity contribution in [1.82, 2.24) is 14.8 Å². The Bertz CT molecular complexity index is 507. The first kappa shape index (κ1) is 16.0. The van der Waals surface area contributed by atoms with Crippen molar-refractivity contribution in [2.75, 3.05) is 40.3 Å². The number of aliphatic hydroxyl groups is 1. The molecule has 0 spiro atoms. The van der Waals surface area contributed by atoms with Crippen LogP contribution in [0.5, 0.6) is 0 Å². The third-order valence-electron chi connectivity index (χ3n) is 4.49. The Morgan fingerprint density at radius 3 is 2.57 bits per heavy atom. The maximum atomic E-state index is 9.75. The minimum Gasteiger partial charge on any atom is -0.396 e. The number of H-pyrrole nitrogens is 1. The highest BCUT2D eigenvalue weighted by molar-refractivity contribution is 5.35. The zero-order valence-corrected chi connectivity index (χ0v) is 13.3. The van der Waals surface area contributed by atoms with Crippen molar-refractivity contribution in [3.63, 3.8) is 0 Å². The normalized spacial score (nSPS) is 18.9. The minimum atomic E-state index is 0.0451. The number of nitriles is 1. The molecule has 0 radical (unpaired) electrons. The molecule has 0 atom stereocenters. The molecule has 1 aromatic heterocycles. The van der Waals surface area contributed by atoms with Gasteiger partial charge in [-0.05, 0) is 53.0 Å². The van der Waals surface area contributed by atoms with Gasteiger partial charge in [0.05, 0.1) is 12.2 Å². The number of nitrogens with zero attached hydrogens (tertiary/aromatic N) is 3. The second-order valence-electron chi connectivity index (χ2n) is 6.62. The molecule has 1 aliphatic heterocycles. The van der Waals surface area contributed by atoms with Crippen LogP contribution in [0, 0.1) is 23.7 Å². The molecule has 0 saturated carbocycles. The number of nitrogens with one attached hydrogen (secondary N) is 1. The molecule has 1 aliphatic rings. The van der Waals surface area contributed by atoms with Crippen LogP contribution in [0.4, 0.5) is 0 Å². The lowest BCUT2D eigenvalue weighted by molar-refractivity contribution is 0.0216. The molecule has 0 unspecified atom stereocenters. The number of aromatic amines is 1. The van der Waals surface area contributed by atoms with E-state index in [1.807, 2.05) is 13.0 Å². The van der Waals surface area contributed by atoms with E-state index in [9.17, 15) is 5.11 Å². The summed E-state index contributed by atoms with van der Waals surface area (Å²) in [7, 11) is 4.13. The molecule has 21 heavy (non-hydrogen) atoms. The third-order valence-corrected chi connectivity index (χ3v) is 4.49. The van der Waals surface area contributed by atoms with Crippen molar-refractivity contribution in [3.05, 3.63) is 23.0 Å². The highest BCUT2D eigenvalue weighted by atomic mass is 16.3. The Labute approximate surface area is 127 Å². The lowest BCUT2D eigenvalue weighted by Gasteiger charge is -2.42. The zero-order chi connectivity index (χ0) is 15.5. The molecule has 2 rings (SSSR count). The number of aliphatic hydroxyl groups excluding tert-OH is 1. The van der Waals surface area contributed by atoms with Crippen LogP contribution in [-0.4, -0.2) is 60.2 Å². The van der Waals surface area contributed by atoms with E-state index in [1.165, 1.54) is 0 Å². The fourth-order valence-electron chi connectivity index (χ4n) is 3.29. The van der Waals surface area contributed by atoms with Crippen molar-refractivity contribution in [2.24, 2.45) is 5.41 Å². The van der Waals surface area contributed by atoms with Crippen LogP contribution in [0.15, 0.2) is 6.07 Å². The summed E-state index contributed by atoms with van der Waals surface area (Å²) < 4.78 is 0. The molecule has 5 nitrogen and oxygen atoms in total. The van der Waals surface area contributed by atoms with Gasteiger partial charge in [0.2, 0.25) is 0 Å². The van der Waals surface area contributed by atoms with Crippen LogP contribution in [0.2, 0.25) is 0 Å². The van der Waals surface area contributed by atoms with Gasteiger partial charge in [-0.2, -0.15) is 5.26 Å². The number of rotatable bonds is 5. The summed E-state index contributed by atoms with van der Waals surface area (Å²) in [5, 5.41) is 18.8. The van der Waals surface area contributed by atoms with Crippen molar-refractivity contribution in [2.45, 2.75) is 26.3 Å². The molecule has 1 fully saturated rings. The van der Waals surface area contributed by atoms with E-state index in [0.717, 1.165) is 56.0 Å². The number of hydrogen-bond acceptors (Lipinski definition) is 4. The van der Waals surface area contributed by atoms with Gasteiger partial charge in [0.25, 0.3) is 0 Å². The highest BCUT2D eigenvalue weighted by Gasteiger charge is 2.34. The van der Waals surface area contributed by atoms with Crippen LogP contribution in [-0.2, 0) is 6.54 Å². The Hall–Kier alpha value is -1.35. The number of hydrogen-bond donors (Lipinski definition) is 2. The lowest BCUT2D eigenvalue weighted by atomic mass is 9.78. The Morgan fingerprint density at radius 2 is 2.10 bits per heavy atom. The fraction of sp³-hybridized carbons (Fsp3) is 0.688. The first-order chi connectivity index (χ1) is 9.98. The number of aryl methyl sites for hydroxylation is 1. The second-order valence-corrected chi connectivity index (χ2v) is 6.62. The molecule has 0 aliphatic carbocycles. The first-order valence-corrected chi connectivity index (χ1v) is 7.54. The predicted octanol–water partition coefficient (Wildman–Crippen LogP) is 1.33. The molecule has 116 valence electrons. The molecule has 0 bridgehead atoms. The quantitative estimate of drug-likeness (QED) is 0.858. The van der Waals surface area contributed by atoms with Gasteiger partial charge in [-0.3, -0.25) is 4.90 Å². The average molecular weight is 290 g/mol. The Kier molecular flexibility index (Phi) is 5.04. The van der Waals surface area contributed by atoms with Crippen LogP contribution in [0.1, 0.15) is 29.8 Å². The Morgan fingerprint density at radius 1 is 1.43 bits per heavy atom. The van der Waals surface area contributed by atoms with Gasteiger partial charge in [-0.15, -0.1) is 0 Å². The predicted molar refractivity (Wildman–Crippen MR) is 82.8 cm³/mol. The maximum Gasteiger partial charge on any atom is 0.101 e. The smallest absolute Gasteiger partial charge is 0.101 e. The summed E-state index contributed by atoms with van der Waals surface area (Å²) in [6.07, 6.45) is 2.04.